The molecule has 0 unspecified atom stereocenters. The molecule has 126 valence electrons. The van der Waals surface area contributed by atoms with E-state index in [1.165, 1.54) is 11.8 Å². The highest BCUT2D eigenvalue weighted by Gasteiger charge is 2.28. The molecule has 0 radical (unpaired) electrons. The summed E-state index contributed by atoms with van der Waals surface area (Å²) in [5.41, 5.74) is 5.17. The summed E-state index contributed by atoms with van der Waals surface area (Å²) in [5.74, 6) is 0.287. The minimum atomic E-state index is -0.401. The number of thioether (sulfide) groups is 1. The summed E-state index contributed by atoms with van der Waals surface area (Å²) in [5, 5.41) is 9.43. The monoisotopic (exact) mass is 365 g/mol. The first-order valence-corrected chi connectivity index (χ1v) is 8.80. The zero-order valence-corrected chi connectivity index (χ0v) is 14.5. The number of nitrogens with one attached hydrogen (secondary N) is 2. The van der Waals surface area contributed by atoms with Crippen molar-refractivity contribution in [2.45, 2.75) is 31.0 Å². The number of amides is 2. The largest absolute Gasteiger partial charge is 0.303 e. The summed E-state index contributed by atoms with van der Waals surface area (Å²) in [6, 6.07) is 6.84. The van der Waals surface area contributed by atoms with Crippen LogP contribution in [0.2, 0.25) is 5.02 Å². The van der Waals surface area contributed by atoms with E-state index in [2.05, 4.69) is 25.6 Å². The Balaban J connectivity index is 1.48. The third kappa shape index (κ3) is 4.07. The van der Waals surface area contributed by atoms with Gasteiger partial charge in [0.25, 0.3) is 5.91 Å². The van der Waals surface area contributed by atoms with Gasteiger partial charge in [-0.25, -0.2) is 0 Å². The Morgan fingerprint density at radius 1 is 1.25 bits per heavy atom. The van der Waals surface area contributed by atoms with Crippen molar-refractivity contribution in [1.29, 1.82) is 0 Å². The predicted octanol–water partition coefficient (Wildman–Crippen LogP) is 2.13. The molecule has 1 saturated carbocycles. The van der Waals surface area contributed by atoms with Crippen LogP contribution in [-0.4, -0.2) is 32.3 Å². The SMILES string of the molecule is Cc1nnc(SCC(=O)NNC(=O)c2ccc(Cl)cc2)n1C1CC1. The molecule has 9 heteroatoms. The smallest absolute Gasteiger partial charge is 0.269 e. The minimum absolute atomic E-state index is 0.145. The third-order valence-electron chi connectivity index (χ3n) is 3.50. The van der Waals surface area contributed by atoms with Crippen molar-refractivity contribution >= 4 is 35.2 Å². The van der Waals surface area contributed by atoms with Crippen molar-refractivity contribution < 1.29 is 9.59 Å². The Hall–Kier alpha value is -2.06. The van der Waals surface area contributed by atoms with Gasteiger partial charge in [0.15, 0.2) is 5.16 Å². The number of aryl methyl sites for hydroxylation is 1. The molecule has 0 bridgehead atoms. The van der Waals surface area contributed by atoms with Gasteiger partial charge >= 0.3 is 0 Å². The van der Waals surface area contributed by atoms with Crippen molar-refractivity contribution in [3.63, 3.8) is 0 Å². The molecule has 7 nitrogen and oxygen atoms in total. The third-order valence-corrected chi connectivity index (χ3v) is 4.70. The molecule has 1 aliphatic carbocycles. The maximum absolute atomic E-state index is 11.9. The average molecular weight is 366 g/mol. The lowest BCUT2D eigenvalue weighted by molar-refractivity contribution is -0.119. The molecule has 3 rings (SSSR count). The number of nitrogens with zero attached hydrogens (tertiary/aromatic N) is 3. The van der Waals surface area contributed by atoms with E-state index in [0.29, 0.717) is 16.6 Å². The number of carbonyl (C=O) groups excluding carboxylic acids is 2. The topological polar surface area (TPSA) is 88.9 Å². The lowest BCUT2D eigenvalue weighted by atomic mass is 10.2. The van der Waals surface area contributed by atoms with E-state index in [0.717, 1.165) is 23.8 Å². The van der Waals surface area contributed by atoms with Gasteiger partial charge in [0, 0.05) is 16.6 Å². The highest BCUT2D eigenvalue weighted by atomic mass is 35.5. The summed E-state index contributed by atoms with van der Waals surface area (Å²) < 4.78 is 2.06. The maximum atomic E-state index is 11.9. The second kappa shape index (κ2) is 7.23. The number of rotatable bonds is 5. The van der Waals surface area contributed by atoms with Crippen molar-refractivity contribution in [1.82, 2.24) is 25.6 Å². The molecule has 0 spiro atoms. The Labute approximate surface area is 148 Å². The molecule has 0 saturated heterocycles. The number of aromatic nitrogens is 3. The molecular weight excluding hydrogens is 350 g/mol. The standard InChI is InChI=1S/C15H16ClN5O2S/c1-9-17-20-15(21(9)12-6-7-12)24-8-13(22)18-19-14(23)10-2-4-11(16)5-3-10/h2-5,12H,6-8H2,1H3,(H,18,22)(H,19,23). The van der Waals surface area contributed by atoms with Gasteiger partial charge in [0.05, 0.1) is 5.75 Å². The molecule has 2 amide bonds. The first-order valence-electron chi connectivity index (χ1n) is 7.43. The van der Waals surface area contributed by atoms with Crippen LogP contribution in [0.1, 0.15) is 35.1 Å². The molecule has 2 N–H and O–H groups in total. The van der Waals surface area contributed by atoms with E-state index in [4.69, 9.17) is 11.6 Å². The Bertz CT molecular complexity index is 758. The van der Waals surface area contributed by atoms with Crippen LogP contribution in [0.3, 0.4) is 0 Å². The Morgan fingerprint density at radius 2 is 1.96 bits per heavy atom. The molecular formula is C15H16ClN5O2S. The average Bonchev–Trinajstić information content (AvgIpc) is 3.34. The van der Waals surface area contributed by atoms with E-state index in [-0.39, 0.29) is 11.7 Å². The van der Waals surface area contributed by atoms with Crippen molar-refractivity contribution in [2.75, 3.05) is 5.75 Å². The number of halogens is 1. The van der Waals surface area contributed by atoms with E-state index < -0.39 is 5.91 Å². The van der Waals surface area contributed by atoms with Crippen LogP contribution in [0.15, 0.2) is 29.4 Å². The first kappa shape index (κ1) is 16.8. The molecule has 1 fully saturated rings. The zero-order chi connectivity index (χ0) is 17.1. The molecule has 2 aromatic rings. The highest BCUT2D eigenvalue weighted by molar-refractivity contribution is 7.99. The van der Waals surface area contributed by atoms with E-state index in [1.54, 1.807) is 24.3 Å². The van der Waals surface area contributed by atoms with Crippen LogP contribution >= 0.6 is 23.4 Å². The number of hydrogen-bond acceptors (Lipinski definition) is 5. The van der Waals surface area contributed by atoms with E-state index >= 15 is 0 Å². The van der Waals surface area contributed by atoms with Crippen molar-refractivity contribution in [3.8, 4) is 0 Å². The number of carbonyl (C=O) groups is 2. The van der Waals surface area contributed by atoms with Gasteiger partial charge in [-0.1, -0.05) is 23.4 Å². The molecule has 1 heterocycles. The van der Waals surface area contributed by atoms with Crippen molar-refractivity contribution in [3.05, 3.63) is 40.7 Å². The van der Waals surface area contributed by atoms with Crippen molar-refractivity contribution in [2.24, 2.45) is 0 Å². The van der Waals surface area contributed by atoms with E-state index in [9.17, 15) is 9.59 Å². The van der Waals surface area contributed by atoms with Gasteiger partial charge in [-0.15, -0.1) is 10.2 Å². The van der Waals surface area contributed by atoms with Crippen LogP contribution in [0.25, 0.3) is 0 Å². The maximum Gasteiger partial charge on any atom is 0.269 e. The minimum Gasteiger partial charge on any atom is -0.303 e. The molecule has 1 aromatic heterocycles. The summed E-state index contributed by atoms with van der Waals surface area (Å²) in [6.45, 7) is 1.90. The molecule has 24 heavy (non-hydrogen) atoms. The summed E-state index contributed by atoms with van der Waals surface area (Å²) in [7, 11) is 0. The molecule has 0 aliphatic heterocycles. The normalized spacial score (nSPS) is 13.6. The summed E-state index contributed by atoms with van der Waals surface area (Å²) in [6.07, 6.45) is 2.24. The lowest BCUT2D eigenvalue weighted by Gasteiger charge is -2.08. The second-order valence-electron chi connectivity index (χ2n) is 5.43. The van der Waals surface area contributed by atoms with Crippen LogP contribution in [0, 0.1) is 6.92 Å². The fraction of sp³-hybridized carbons (Fsp3) is 0.333. The van der Waals surface area contributed by atoms with E-state index in [1.807, 2.05) is 6.92 Å². The van der Waals surface area contributed by atoms with Crippen LogP contribution < -0.4 is 10.9 Å². The molecule has 0 atom stereocenters. The van der Waals surface area contributed by atoms with Gasteiger partial charge in [0.1, 0.15) is 5.82 Å². The first-order chi connectivity index (χ1) is 11.5. The van der Waals surface area contributed by atoms with Crippen LogP contribution in [0.5, 0.6) is 0 Å². The van der Waals surface area contributed by atoms with Crippen LogP contribution in [-0.2, 0) is 4.79 Å². The zero-order valence-electron chi connectivity index (χ0n) is 13.0. The Morgan fingerprint density at radius 3 is 2.62 bits per heavy atom. The van der Waals surface area contributed by atoms with Gasteiger partial charge in [0.2, 0.25) is 5.91 Å². The highest BCUT2D eigenvalue weighted by Crippen LogP contribution is 2.38. The summed E-state index contributed by atoms with van der Waals surface area (Å²) in [4.78, 5) is 23.8. The van der Waals surface area contributed by atoms with Gasteiger partial charge < -0.3 is 4.57 Å². The van der Waals surface area contributed by atoms with Crippen LogP contribution in [0.4, 0.5) is 0 Å². The quantitative estimate of drug-likeness (QED) is 0.626. The number of benzene rings is 1. The van der Waals surface area contributed by atoms with Gasteiger partial charge in [-0.2, -0.15) is 0 Å². The molecule has 1 aromatic carbocycles. The predicted molar refractivity (Wildman–Crippen MR) is 90.8 cm³/mol. The number of hydrogen-bond donors (Lipinski definition) is 2. The summed E-state index contributed by atoms with van der Waals surface area (Å²) >= 11 is 7.07. The lowest BCUT2D eigenvalue weighted by Crippen LogP contribution is -2.42. The van der Waals surface area contributed by atoms with Gasteiger partial charge in [-0.3, -0.25) is 20.4 Å². The fourth-order valence-corrected chi connectivity index (χ4v) is 3.14. The van der Waals surface area contributed by atoms with Gasteiger partial charge in [-0.05, 0) is 44.0 Å². The fourth-order valence-electron chi connectivity index (χ4n) is 2.17. The Kier molecular flexibility index (Phi) is 5.06. The second-order valence-corrected chi connectivity index (χ2v) is 6.81. The number of hydrazine groups is 1. The molecule has 1 aliphatic rings.